The highest BCUT2D eigenvalue weighted by Gasteiger charge is 2.07. The van der Waals surface area contributed by atoms with Crippen LogP contribution in [0.3, 0.4) is 0 Å². The Hall–Kier alpha value is -1.22. The van der Waals surface area contributed by atoms with E-state index in [4.69, 9.17) is 20.9 Å². The largest absolute Gasteiger partial charge is 0.471 e. The SMILES string of the molecule is [CH2]Oc1noc2cc(Cl)ccc12. The average Bonchev–Trinajstić information content (AvgIpc) is 2.46. The highest BCUT2D eigenvalue weighted by Crippen LogP contribution is 2.26. The van der Waals surface area contributed by atoms with Gasteiger partial charge in [0.25, 0.3) is 5.88 Å². The van der Waals surface area contributed by atoms with Gasteiger partial charge in [0.05, 0.1) is 5.39 Å². The van der Waals surface area contributed by atoms with Gasteiger partial charge in [-0.05, 0) is 17.3 Å². The summed E-state index contributed by atoms with van der Waals surface area (Å²) in [6, 6.07) is 5.19. The van der Waals surface area contributed by atoms with Gasteiger partial charge in [0.1, 0.15) is 7.11 Å². The third-order valence-electron chi connectivity index (χ3n) is 1.54. The Morgan fingerprint density at radius 3 is 3.08 bits per heavy atom. The Bertz CT molecular complexity index is 410. The fourth-order valence-corrected chi connectivity index (χ4v) is 1.15. The van der Waals surface area contributed by atoms with Crippen LogP contribution in [0.5, 0.6) is 5.88 Å². The third kappa shape index (κ3) is 1.02. The lowest BCUT2D eigenvalue weighted by Crippen LogP contribution is -1.77. The average molecular weight is 183 g/mol. The lowest BCUT2D eigenvalue weighted by Gasteiger charge is -1.90. The molecule has 2 aromatic rings. The van der Waals surface area contributed by atoms with Crippen LogP contribution < -0.4 is 4.74 Å². The number of halogens is 1. The van der Waals surface area contributed by atoms with Crippen LogP contribution in [-0.2, 0) is 0 Å². The van der Waals surface area contributed by atoms with Gasteiger partial charge in [0, 0.05) is 11.1 Å². The Labute approximate surface area is 73.9 Å². The lowest BCUT2D eigenvalue weighted by atomic mass is 10.3. The van der Waals surface area contributed by atoms with Crippen LogP contribution >= 0.6 is 11.6 Å². The number of ether oxygens (including phenoxy) is 1. The molecule has 12 heavy (non-hydrogen) atoms. The first-order valence-corrected chi connectivity index (χ1v) is 3.66. The predicted molar refractivity (Wildman–Crippen MR) is 45.0 cm³/mol. The van der Waals surface area contributed by atoms with E-state index in [0.717, 1.165) is 5.39 Å². The lowest BCUT2D eigenvalue weighted by molar-refractivity contribution is 0.380. The first-order chi connectivity index (χ1) is 5.81. The molecule has 0 bridgehead atoms. The molecule has 1 aromatic heterocycles. The van der Waals surface area contributed by atoms with Crippen LogP contribution in [0.1, 0.15) is 0 Å². The molecule has 1 radical (unpaired) electrons. The summed E-state index contributed by atoms with van der Waals surface area (Å²) in [7, 11) is 3.25. The Balaban J connectivity index is 2.73. The standard InChI is InChI=1S/C8H5ClNO2/c1-11-8-6-3-2-5(9)4-7(6)12-10-8/h2-4H,1H2. The minimum atomic E-state index is 0.377. The zero-order valence-corrected chi connectivity index (χ0v) is 6.84. The second-order valence-electron chi connectivity index (χ2n) is 2.27. The number of nitrogens with zero attached hydrogens (tertiary/aromatic N) is 1. The predicted octanol–water partition coefficient (Wildman–Crippen LogP) is 2.65. The molecule has 0 fully saturated rings. The molecule has 0 atom stereocenters. The molecular formula is C8H5ClNO2. The van der Waals surface area contributed by atoms with E-state index in [1.165, 1.54) is 0 Å². The molecule has 0 unspecified atom stereocenters. The van der Waals surface area contributed by atoms with Gasteiger partial charge < -0.3 is 9.26 Å². The Morgan fingerprint density at radius 2 is 2.33 bits per heavy atom. The van der Waals surface area contributed by atoms with Crippen LogP contribution in [0.15, 0.2) is 22.7 Å². The highest BCUT2D eigenvalue weighted by atomic mass is 35.5. The summed E-state index contributed by atoms with van der Waals surface area (Å²) >= 11 is 5.73. The maximum Gasteiger partial charge on any atom is 0.262 e. The molecule has 0 amide bonds. The molecule has 0 spiro atoms. The maximum absolute atomic E-state index is 5.73. The van der Waals surface area contributed by atoms with E-state index < -0.39 is 0 Å². The zero-order chi connectivity index (χ0) is 8.55. The van der Waals surface area contributed by atoms with Crippen molar-refractivity contribution in [3.63, 3.8) is 0 Å². The summed E-state index contributed by atoms with van der Waals surface area (Å²) in [4.78, 5) is 0. The molecule has 0 aliphatic rings. The van der Waals surface area contributed by atoms with Gasteiger partial charge in [-0.2, -0.15) is 0 Å². The van der Waals surface area contributed by atoms with Crippen molar-refractivity contribution in [2.75, 3.05) is 0 Å². The smallest absolute Gasteiger partial charge is 0.262 e. The van der Waals surface area contributed by atoms with Crippen molar-refractivity contribution in [3.05, 3.63) is 30.3 Å². The first kappa shape index (κ1) is 7.43. The number of hydrogen-bond acceptors (Lipinski definition) is 3. The molecule has 2 rings (SSSR count). The van der Waals surface area contributed by atoms with Gasteiger partial charge >= 0.3 is 0 Å². The Kier molecular flexibility index (Phi) is 1.66. The summed E-state index contributed by atoms with van der Waals surface area (Å²) < 4.78 is 9.63. The van der Waals surface area contributed by atoms with E-state index in [0.29, 0.717) is 16.5 Å². The van der Waals surface area contributed by atoms with Crippen molar-refractivity contribution in [3.8, 4) is 5.88 Å². The van der Waals surface area contributed by atoms with E-state index in [1.807, 2.05) is 0 Å². The van der Waals surface area contributed by atoms with E-state index in [1.54, 1.807) is 18.2 Å². The normalized spacial score (nSPS) is 10.5. The fourth-order valence-electron chi connectivity index (χ4n) is 0.992. The molecule has 1 aromatic carbocycles. The minimum absolute atomic E-state index is 0.377. The van der Waals surface area contributed by atoms with Crippen LogP contribution in [0.2, 0.25) is 5.02 Å². The van der Waals surface area contributed by atoms with Gasteiger partial charge in [-0.25, -0.2) is 0 Å². The number of fused-ring (bicyclic) bond motifs is 1. The number of benzene rings is 1. The van der Waals surface area contributed by atoms with Gasteiger partial charge in [0.15, 0.2) is 5.58 Å². The van der Waals surface area contributed by atoms with Crippen molar-refractivity contribution < 1.29 is 9.26 Å². The van der Waals surface area contributed by atoms with Crippen LogP contribution in [0, 0.1) is 7.11 Å². The van der Waals surface area contributed by atoms with E-state index >= 15 is 0 Å². The zero-order valence-electron chi connectivity index (χ0n) is 6.08. The van der Waals surface area contributed by atoms with Gasteiger partial charge in [-0.3, -0.25) is 0 Å². The molecular weight excluding hydrogens is 178 g/mol. The molecule has 0 saturated heterocycles. The van der Waals surface area contributed by atoms with Crippen LogP contribution in [0.4, 0.5) is 0 Å². The summed E-state index contributed by atoms with van der Waals surface area (Å²) in [5, 5.41) is 5.01. The molecule has 61 valence electrons. The van der Waals surface area contributed by atoms with Gasteiger partial charge in [-0.15, -0.1) is 0 Å². The van der Waals surface area contributed by atoms with E-state index in [9.17, 15) is 0 Å². The number of aromatic nitrogens is 1. The van der Waals surface area contributed by atoms with Crippen molar-refractivity contribution in [2.45, 2.75) is 0 Å². The monoisotopic (exact) mass is 182 g/mol. The molecule has 3 nitrogen and oxygen atoms in total. The van der Waals surface area contributed by atoms with Crippen molar-refractivity contribution in [1.82, 2.24) is 5.16 Å². The van der Waals surface area contributed by atoms with Crippen LogP contribution in [-0.4, -0.2) is 5.16 Å². The van der Waals surface area contributed by atoms with E-state index in [-0.39, 0.29) is 0 Å². The van der Waals surface area contributed by atoms with Gasteiger partial charge in [-0.1, -0.05) is 11.6 Å². The van der Waals surface area contributed by atoms with Crippen molar-refractivity contribution in [1.29, 1.82) is 0 Å². The summed E-state index contributed by atoms with van der Waals surface area (Å²) in [5.74, 6) is 0.377. The fraction of sp³-hybridized carbons (Fsp3) is 0. The molecule has 0 aliphatic heterocycles. The summed E-state index contributed by atoms with van der Waals surface area (Å²) in [6.07, 6.45) is 0. The summed E-state index contributed by atoms with van der Waals surface area (Å²) in [5.41, 5.74) is 0.598. The van der Waals surface area contributed by atoms with Crippen molar-refractivity contribution in [2.24, 2.45) is 0 Å². The second-order valence-corrected chi connectivity index (χ2v) is 2.71. The number of rotatable bonds is 1. The second kappa shape index (κ2) is 2.68. The van der Waals surface area contributed by atoms with Crippen LogP contribution in [0.25, 0.3) is 11.0 Å². The number of hydrogen-bond donors (Lipinski definition) is 0. The minimum Gasteiger partial charge on any atom is -0.471 e. The van der Waals surface area contributed by atoms with Crippen molar-refractivity contribution >= 4 is 22.6 Å². The Morgan fingerprint density at radius 1 is 1.50 bits per heavy atom. The maximum atomic E-state index is 5.73. The van der Waals surface area contributed by atoms with E-state index in [2.05, 4.69) is 12.3 Å². The van der Waals surface area contributed by atoms with Gasteiger partial charge in [0.2, 0.25) is 0 Å². The highest BCUT2D eigenvalue weighted by molar-refractivity contribution is 6.31. The summed E-state index contributed by atoms with van der Waals surface area (Å²) in [6.45, 7) is 0. The molecule has 1 heterocycles. The molecule has 4 heteroatoms. The molecule has 0 aliphatic carbocycles. The third-order valence-corrected chi connectivity index (χ3v) is 1.77. The quantitative estimate of drug-likeness (QED) is 0.680. The first-order valence-electron chi connectivity index (χ1n) is 3.28. The molecule has 0 saturated carbocycles. The topological polar surface area (TPSA) is 35.3 Å². The molecule has 0 N–H and O–H groups in total.